The summed E-state index contributed by atoms with van der Waals surface area (Å²) < 4.78 is 44.4. The van der Waals surface area contributed by atoms with Crippen LogP contribution < -0.4 is 0 Å². The summed E-state index contributed by atoms with van der Waals surface area (Å²) in [4.78, 5) is 13.7. The van der Waals surface area contributed by atoms with Gasteiger partial charge in [-0.1, -0.05) is 12.1 Å². The van der Waals surface area contributed by atoms with Crippen LogP contribution in [0.1, 0.15) is 35.2 Å². The topological polar surface area (TPSA) is 49.8 Å². The van der Waals surface area contributed by atoms with Gasteiger partial charge in [0.05, 0.1) is 23.3 Å². The number of nitrogens with zero attached hydrogens (tertiary/aromatic N) is 1. The van der Waals surface area contributed by atoms with Crippen LogP contribution in [0.15, 0.2) is 24.3 Å². The van der Waals surface area contributed by atoms with E-state index >= 15 is 0 Å². The molecular formula is C16H20F3NO3. The van der Waals surface area contributed by atoms with Gasteiger partial charge >= 0.3 is 6.18 Å². The zero-order valence-electron chi connectivity index (χ0n) is 13.0. The molecule has 0 unspecified atom stereocenters. The first kappa shape index (κ1) is 17.7. The number of alkyl halides is 3. The highest BCUT2D eigenvalue weighted by atomic mass is 19.4. The molecule has 1 aliphatic carbocycles. The van der Waals surface area contributed by atoms with Gasteiger partial charge in [0.2, 0.25) is 0 Å². The van der Waals surface area contributed by atoms with Gasteiger partial charge in [0.1, 0.15) is 6.10 Å². The lowest BCUT2D eigenvalue weighted by Gasteiger charge is -2.39. The fourth-order valence-corrected chi connectivity index (χ4v) is 3.05. The lowest BCUT2D eigenvalue weighted by atomic mass is 9.88. The first-order chi connectivity index (χ1) is 10.8. The molecule has 128 valence electrons. The summed E-state index contributed by atoms with van der Waals surface area (Å²) in [5.74, 6) is -0.751. The van der Waals surface area contributed by atoms with E-state index in [9.17, 15) is 23.1 Å². The molecule has 1 amide bonds. The smallest absolute Gasteiger partial charge is 0.388 e. The Balaban J connectivity index is 2.27. The fourth-order valence-electron chi connectivity index (χ4n) is 3.05. The summed E-state index contributed by atoms with van der Waals surface area (Å²) in [5.41, 5.74) is -1.38. The molecule has 0 aliphatic heterocycles. The highest BCUT2D eigenvalue weighted by Gasteiger charge is 2.39. The molecule has 1 aliphatic rings. The van der Waals surface area contributed by atoms with E-state index in [1.165, 1.54) is 31.2 Å². The van der Waals surface area contributed by atoms with Gasteiger partial charge < -0.3 is 14.7 Å². The van der Waals surface area contributed by atoms with Crippen LogP contribution in [0, 0.1) is 0 Å². The van der Waals surface area contributed by atoms with Crippen molar-refractivity contribution >= 4 is 5.91 Å². The van der Waals surface area contributed by atoms with E-state index in [-0.39, 0.29) is 0 Å². The Kier molecular flexibility index (Phi) is 5.31. The number of hydrogen-bond donors (Lipinski definition) is 1. The number of aliphatic hydroxyl groups is 1. The Morgan fingerprint density at radius 3 is 2.57 bits per heavy atom. The predicted octanol–water partition coefficient (Wildman–Crippen LogP) is 2.71. The largest absolute Gasteiger partial charge is 0.417 e. The first-order valence-corrected chi connectivity index (χ1v) is 7.41. The maximum absolute atomic E-state index is 13.1. The summed E-state index contributed by atoms with van der Waals surface area (Å²) in [6, 6.07) is 4.12. The minimum Gasteiger partial charge on any atom is -0.388 e. The molecule has 1 N–H and O–H groups in total. The quantitative estimate of drug-likeness (QED) is 0.926. The van der Waals surface area contributed by atoms with E-state index in [4.69, 9.17) is 4.74 Å². The normalized spacial score (nSPS) is 25.2. The highest BCUT2D eigenvalue weighted by molar-refractivity contribution is 5.96. The number of ether oxygens (including phenoxy) is 1. The number of benzene rings is 1. The van der Waals surface area contributed by atoms with E-state index in [1.54, 1.807) is 0 Å². The van der Waals surface area contributed by atoms with Gasteiger partial charge in [0.25, 0.3) is 5.91 Å². The minimum absolute atomic E-state index is 0.408. The Labute approximate surface area is 132 Å². The molecule has 0 bridgehead atoms. The number of halogens is 3. The molecule has 4 nitrogen and oxygen atoms in total. The Hall–Kier alpha value is -1.60. The average molecular weight is 331 g/mol. The van der Waals surface area contributed by atoms with Crippen molar-refractivity contribution in [2.24, 2.45) is 0 Å². The van der Waals surface area contributed by atoms with E-state index < -0.39 is 41.5 Å². The molecule has 1 aromatic rings. The molecule has 1 fully saturated rings. The lowest BCUT2D eigenvalue weighted by Crippen LogP contribution is -2.52. The Bertz CT molecular complexity index is 562. The van der Waals surface area contributed by atoms with Crippen molar-refractivity contribution in [2.45, 2.75) is 43.7 Å². The Morgan fingerprint density at radius 1 is 1.30 bits per heavy atom. The van der Waals surface area contributed by atoms with Crippen LogP contribution in [0.3, 0.4) is 0 Å². The number of methoxy groups -OCH3 is 1. The van der Waals surface area contributed by atoms with E-state index in [0.29, 0.717) is 12.8 Å². The second-order valence-electron chi connectivity index (χ2n) is 5.72. The monoisotopic (exact) mass is 331 g/mol. The summed E-state index contributed by atoms with van der Waals surface area (Å²) in [6.07, 6.45) is -4.01. The molecule has 0 aromatic heterocycles. The number of hydrogen-bond acceptors (Lipinski definition) is 3. The summed E-state index contributed by atoms with van der Waals surface area (Å²) in [6.45, 7) is 0. The summed E-state index contributed by atoms with van der Waals surface area (Å²) in [7, 11) is 2.89. The molecule has 0 heterocycles. The SMILES string of the molecule is CO[C@@H]1CCC[C@@H](N(C)C(=O)c2ccccc2C(F)(F)F)[C@H]1O. The van der Waals surface area contributed by atoms with Gasteiger partial charge in [-0.3, -0.25) is 4.79 Å². The van der Waals surface area contributed by atoms with Crippen molar-refractivity contribution in [3.8, 4) is 0 Å². The summed E-state index contributed by atoms with van der Waals surface area (Å²) in [5, 5.41) is 10.3. The molecular weight excluding hydrogens is 311 g/mol. The molecule has 1 saturated carbocycles. The molecule has 7 heteroatoms. The number of carbonyl (C=O) groups is 1. The van der Waals surface area contributed by atoms with Crippen LogP contribution in [0.25, 0.3) is 0 Å². The lowest BCUT2D eigenvalue weighted by molar-refractivity contribution is -0.138. The van der Waals surface area contributed by atoms with Crippen LogP contribution in [-0.2, 0) is 10.9 Å². The number of rotatable bonds is 3. The van der Waals surface area contributed by atoms with Crippen LogP contribution >= 0.6 is 0 Å². The van der Waals surface area contributed by atoms with Crippen molar-refractivity contribution in [1.82, 2.24) is 4.90 Å². The third-order valence-corrected chi connectivity index (χ3v) is 4.35. The van der Waals surface area contributed by atoms with Crippen molar-refractivity contribution in [2.75, 3.05) is 14.2 Å². The standard InChI is InChI=1S/C16H20F3NO3/c1-20(12-8-5-9-13(23-2)14(12)21)15(22)10-6-3-4-7-11(10)16(17,18)19/h3-4,6-7,12-14,21H,5,8-9H2,1-2H3/t12-,13-,14-/m1/s1. The van der Waals surface area contributed by atoms with Gasteiger partial charge in [0.15, 0.2) is 0 Å². The second-order valence-corrected chi connectivity index (χ2v) is 5.72. The average Bonchev–Trinajstić information content (AvgIpc) is 2.53. The number of likely N-dealkylation sites (N-methyl/N-ethyl adjacent to an activating group) is 1. The fraction of sp³-hybridized carbons (Fsp3) is 0.562. The Morgan fingerprint density at radius 2 is 1.96 bits per heavy atom. The van der Waals surface area contributed by atoms with E-state index in [2.05, 4.69) is 0 Å². The molecule has 3 atom stereocenters. The third kappa shape index (κ3) is 3.67. The van der Waals surface area contributed by atoms with Gasteiger partial charge in [-0.15, -0.1) is 0 Å². The molecule has 0 radical (unpaired) electrons. The van der Waals surface area contributed by atoms with Gasteiger partial charge in [-0.2, -0.15) is 13.2 Å². The van der Waals surface area contributed by atoms with Gasteiger partial charge in [-0.05, 0) is 31.4 Å². The summed E-state index contributed by atoms with van der Waals surface area (Å²) >= 11 is 0. The maximum Gasteiger partial charge on any atom is 0.417 e. The minimum atomic E-state index is -4.60. The number of amides is 1. The molecule has 0 spiro atoms. The number of aliphatic hydroxyl groups excluding tert-OH is 1. The zero-order chi connectivity index (χ0) is 17.2. The van der Waals surface area contributed by atoms with Crippen LogP contribution in [0.2, 0.25) is 0 Å². The van der Waals surface area contributed by atoms with Crippen molar-refractivity contribution in [3.63, 3.8) is 0 Å². The molecule has 23 heavy (non-hydrogen) atoms. The van der Waals surface area contributed by atoms with Gasteiger partial charge in [-0.25, -0.2) is 0 Å². The van der Waals surface area contributed by atoms with Crippen LogP contribution in [0.5, 0.6) is 0 Å². The second kappa shape index (κ2) is 6.88. The van der Waals surface area contributed by atoms with Gasteiger partial charge in [0, 0.05) is 14.2 Å². The molecule has 1 aromatic carbocycles. The highest BCUT2D eigenvalue weighted by Crippen LogP contribution is 2.33. The molecule has 0 saturated heterocycles. The van der Waals surface area contributed by atoms with E-state index in [0.717, 1.165) is 18.6 Å². The first-order valence-electron chi connectivity index (χ1n) is 7.41. The zero-order valence-corrected chi connectivity index (χ0v) is 13.0. The van der Waals surface area contributed by atoms with Crippen molar-refractivity contribution in [1.29, 1.82) is 0 Å². The maximum atomic E-state index is 13.1. The van der Waals surface area contributed by atoms with Crippen molar-refractivity contribution in [3.05, 3.63) is 35.4 Å². The third-order valence-electron chi connectivity index (χ3n) is 4.35. The van der Waals surface area contributed by atoms with Crippen LogP contribution in [0.4, 0.5) is 13.2 Å². The predicted molar refractivity (Wildman–Crippen MR) is 78.0 cm³/mol. The molecule has 2 rings (SSSR count). The van der Waals surface area contributed by atoms with Crippen molar-refractivity contribution < 1.29 is 27.8 Å². The van der Waals surface area contributed by atoms with Crippen LogP contribution in [-0.4, -0.2) is 48.3 Å². The van der Waals surface area contributed by atoms with E-state index in [1.807, 2.05) is 0 Å². The number of carbonyl (C=O) groups excluding carboxylic acids is 1.